The Hall–Kier alpha value is -0.610. The molecule has 0 aliphatic heterocycles. The van der Waals surface area contributed by atoms with Crippen LogP contribution in [0.1, 0.15) is 53.4 Å². The maximum atomic E-state index is 12.2. The normalized spacial score (nSPS) is 18.6. The number of hydrogen-bond donors (Lipinski definition) is 2. The second kappa shape index (κ2) is 6.53. The predicted octanol–water partition coefficient (Wildman–Crippen LogP) is 1.49. The molecule has 1 aliphatic rings. The number of amides is 1. The van der Waals surface area contributed by atoms with Crippen molar-refractivity contribution in [1.82, 2.24) is 10.2 Å². The Morgan fingerprint density at radius 2 is 2.06 bits per heavy atom. The first-order chi connectivity index (χ1) is 8.35. The van der Waals surface area contributed by atoms with Gasteiger partial charge in [0.2, 0.25) is 5.91 Å². The van der Waals surface area contributed by atoms with Gasteiger partial charge in [-0.1, -0.05) is 6.42 Å². The van der Waals surface area contributed by atoms with Crippen LogP contribution in [0.2, 0.25) is 0 Å². The first kappa shape index (κ1) is 15.4. The van der Waals surface area contributed by atoms with E-state index < -0.39 is 0 Å². The average Bonchev–Trinajstić information content (AvgIpc) is 2.17. The molecular weight excluding hydrogens is 226 g/mol. The van der Waals surface area contributed by atoms with Crippen LogP contribution in [0.4, 0.5) is 0 Å². The van der Waals surface area contributed by atoms with Gasteiger partial charge in [0.25, 0.3) is 0 Å². The smallest absolute Gasteiger partial charge is 0.237 e. The van der Waals surface area contributed by atoms with Crippen LogP contribution in [0.15, 0.2) is 0 Å². The van der Waals surface area contributed by atoms with Crippen LogP contribution in [0.5, 0.6) is 0 Å². The molecule has 0 aromatic carbocycles. The average molecular weight is 255 g/mol. The maximum absolute atomic E-state index is 12.2. The Labute approximate surface area is 111 Å². The van der Waals surface area contributed by atoms with Crippen molar-refractivity contribution < 1.29 is 4.79 Å². The van der Waals surface area contributed by atoms with E-state index in [1.165, 1.54) is 19.3 Å². The van der Waals surface area contributed by atoms with E-state index in [-0.39, 0.29) is 17.5 Å². The molecule has 0 saturated heterocycles. The van der Waals surface area contributed by atoms with Crippen LogP contribution < -0.4 is 11.1 Å². The largest absolute Gasteiger partial charge is 0.350 e. The zero-order valence-corrected chi connectivity index (χ0v) is 12.3. The first-order valence-electron chi connectivity index (χ1n) is 7.13. The van der Waals surface area contributed by atoms with Gasteiger partial charge in [0, 0.05) is 18.1 Å². The molecule has 106 valence electrons. The van der Waals surface area contributed by atoms with E-state index in [0.717, 1.165) is 13.0 Å². The molecule has 4 heteroatoms. The summed E-state index contributed by atoms with van der Waals surface area (Å²) in [6.45, 7) is 9.69. The Bertz CT molecular complexity index is 269. The summed E-state index contributed by atoms with van der Waals surface area (Å²) in [4.78, 5) is 14.6. The number of nitrogens with zero attached hydrogens (tertiary/aromatic N) is 1. The summed E-state index contributed by atoms with van der Waals surface area (Å²) in [5.41, 5.74) is 5.43. The van der Waals surface area contributed by atoms with E-state index in [1.54, 1.807) is 0 Å². The summed E-state index contributed by atoms with van der Waals surface area (Å²) in [5.74, 6) is 0.131. The highest BCUT2D eigenvalue weighted by molar-refractivity contribution is 5.82. The molecule has 1 rings (SSSR count). The number of hydrogen-bond acceptors (Lipinski definition) is 3. The number of rotatable bonds is 6. The van der Waals surface area contributed by atoms with E-state index in [1.807, 2.05) is 27.7 Å². The molecule has 1 fully saturated rings. The molecule has 0 aromatic heterocycles. The molecule has 3 N–H and O–H groups in total. The summed E-state index contributed by atoms with van der Waals surface area (Å²) in [6.07, 6.45) is 4.69. The molecule has 0 spiro atoms. The number of carbonyl (C=O) groups excluding carboxylic acids is 1. The molecule has 0 heterocycles. The molecule has 1 amide bonds. The highest BCUT2D eigenvalue weighted by atomic mass is 16.2. The lowest BCUT2D eigenvalue weighted by atomic mass is 9.90. The molecule has 1 aliphatic carbocycles. The Morgan fingerprint density at radius 1 is 1.44 bits per heavy atom. The van der Waals surface area contributed by atoms with Crippen LogP contribution in [0.25, 0.3) is 0 Å². The van der Waals surface area contributed by atoms with Gasteiger partial charge in [-0.2, -0.15) is 0 Å². The fourth-order valence-electron chi connectivity index (χ4n) is 2.31. The third-order valence-electron chi connectivity index (χ3n) is 3.54. The van der Waals surface area contributed by atoms with Crippen molar-refractivity contribution in [3.63, 3.8) is 0 Å². The Morgan fingerprint density at radius 3 is 2.44 bits per heavy atom. The van der Waals surface area contributed by atoms with E-state index in [4.69, 9.17) is 5.73 Å². The zero-order chi connectivity index (χ0) is 13.8. The molecule has 18 heavy (non-hydrogen) atoms. The van der Waals surface area contributed by atoms with Gasteiger partial charge < -0.3 is 11.1 Å². The summed E-state index contributed by atoms with van der Waals surface area (Å²) in [6, 6.07) is 0.526. The van der Waals surface area contributed by atoms with Gasteiger partial charge in [0.05, 0.1) is 6.04 Å². The van der Waals surface area contributed by atoms with Crippen molar-refractivity contribution in [3.05, 3.63) is 0 Å². The molecule has 1 saturated carbocycles. The van der Waals surface area contributed by atoms with Crippen molar-refractivity contribution in [2.24, 2.45) is 5.73 Å². The summed E-state index contributed by atoms with van der Waals surface area (Å²) in [5, 5.41) is 3.07. The van der Waals surface area contributed by atoms with Crippen LogP contribution >= 0.6 is 0 Å². The van der Waals surface area contributed by atoms with Crippen LogP contribution in [0.3, 0.4) is 0 Å². The highest BCUT2D eigenvalue weighted by Crippen LogP contribution is 2.26. The van der Waals surface area contributed by atoms with Crippen LogP contribution in [0, 0.1) is 0 Å². The molecule has 0 radical (unpaired) electrons. The fraction of sp³-hybridized carbons (Fsp3) is 0.929. The fourth-order valence-corrected chi connectivity index (χ4v) is 2.31. The Kier molecular flexibility index (Phi) is 5.60. The third-order valence-corrected chi connectivity index (χ3v) is 3.54. The minimum atomic E-state index is -0.162. The van der Waals surface area contributed by atoms with Gasteiger partial charge in [-0.25, -0.2) is 0 Å². The monoisotopic (exact) mass is 255 g/mol. The molecule has 1 unspecified atom stereocenters. The molecule has 4 nitrogen and oxygen atoms in total. The van der Waals surface area contributed by atoms with Gasteiger partial charge in [-0.15, -0.1) is 0 Å². The van der Waals surface area contributed by atoms with Gasteiger partial charge in [-0.05, 0) is 53.5 Å². The number of carbonyl (C=O) groups is 1. The van der Waals surface area contributed by atoms with Crippen molar-refractivity contribution in [3.8, 4) is 0 Å². The zero-order valence-electron chi connectivity index (χ0n) is 12.3. The minimum absolute atomic E-state index is 0.0546. The van der Waals surface area contributed by atoms with Crippen LogP contribution in [-0.4, -0.2) is 41.5 Å². The number of nitrogens with two attached hydrogens (primary N) is 1. The summed E-state index contributed by atoms with van der Waals surface area (Å²) >= 11 is 0. The summed E-state index contributed by atoms with van der Waals surface area (Å²) < 4.78 is 0. The second-order valence-electron chi connectivity index (χ2n) is 6.38. The van der Waals surface area contributed by atoms with Crippen molar-refractivity contribution in [1.29, 1.82) is 0 Å². The SMILES string of the molecule is CC(C(=O)NC(C)(C)C)N(CCCN)C1CCC1. The van der Waals surface area contributed by atoms with Crippen molar-refractivity contribution in [2.75, 3.05) is 13.1 Å². The molecule has 1 atom stereocenters. The molecule has 0 aromatic rings. The van der Waals surface area contributed by atoms with E-state index >= 15 is 0 Å². The predicted molar refractivity (Wildman–Crippen MR) is 75.4 cm³/mol. The van der Waals surface area contributed by atoms with Gasteiger partial charge in [-0.3, -0.25) is 9.69 Å². The lowest BCUT2D eigenvalue weighted by Gasteiger charge is -2.41. The van der Waals surface area contributed by atoms with Crippen LogP contribution in [-0.2, 0) is 4.79 Å². The van der Waals surface area contributed by atoms with E-state index in [0.29, 0.717) is 12.6 Å². The Balaban J connectivity index is 2.57. The van der Waals surface area contributed by atoms with E-state index in [9.17, 15) is 4.79 Å². The lowest BCUT2D eigenvalue weighted by Crippen LogP contribution is -2.55. The third kappa shape index (κ3) is 4.58. The molecular formula is C14H29N3O. The highest BCUT2D eigenvalue weighted by Gasteiger charge is 2.32. The van der Waals surface area contributed by atoms with E-state index in [2.05, 4.69) is 10.2 Å². The van der Waals surface area contributed by atoms with Gasteiger partial charge >= 0.3 is 0 Å². The topological polar surface area (TPSA) is 58.4 Å². The minimum Gasteiger partial charge on any atom is -0.350 e. The second-order valence-corrected chi connectivity index (χ2v) is 6.38. The quantitative estimate of drug-likeness (QED) is 0.756. The standard InChI is InChI=1S/C14H29N3O/c1-11(13(18)16-14(2,3)4)17(10-6-9-15)12-7-5-8-12/h11-12H,5-10,15H2,1-4H3,(H,16,18). The van der Waals surface area contributed by atoms with Gasteiger partial charge in [0.15, 0.2) is 0 Å². The van der Waals surface area contributed by atoms with Crippen molar-refractivity contribution in [2.45, 2.75) is 71.0 Å². The molecule has 0 bridgehead atoms. The lowest BCUT2D eigenvalue weighted by molar-refractivity contribution is -0.129. The van der Waals surface area contributed by atoms with Gasteiger partial charge in [0.1, 0.15) is 0 Å². The number of nitrogens with one attached hydrogen (secondary N) is 1. The maximum Gasteiger partial charge on any atom is 0.237 e. The van der Waals surface area contributed by atoms with Crippen molar-refractivity contribution >= 4 is 5.91 Å². The first-order valence-corrected chi connectivity index (χ1v) is 7.13. The summed E-state index contributed by atoms with van der Waals surface area (Å²) in [7, 11) is 0.